The van der Waals surface area contributed by atoms with Crippen LogP contribution in [0.15, 0.2) is 39.6 Å². The van der Waals surface area contributed by atoms with E-state index in [0.29, 0.717) is 5.69 Å². The molecule has 1 atom stereocenters. The number of aliphatic carboxylic acids is 1. The number of benzene rings is 1. The molecule has 2 rings (SSSR count). The molecule has 0 fully saturated rings. The second kappa shape index (κ2) is 4.89. The number of aromatic nitrogens is 1. The molecule has 2 aromatic rings. The number of carbonyl (C=O) groups is 1. The molecule has 0 aliphatic carbocycles. The molecule has 0 radical (unpaired) electrons. The van der Waals surface area contributed by atoms with Crippen molar-refractivity contribution in [1.82, 2.24) is 5.16 Å². The van der Waals surface area contributed by atoms with Crippen LogP contribution in [0.1, 0.15) is 5.56 Å². The van der Waals surface area contributed by atoms with Gasteiger partial charge in [0.05, 0.1) is 11.3 Å². The molecule has 18 heavy (non-hydrogen) atoms. The molecule has 0 aliphatic rings. The van der Waals surface area contributed by atoms with E-state index in [1.54, 1.807) is 12.1 Å². The van der Waals surface area contributed by atoms with Gasteiger partial charge in [-0.25, -0.2) is 9.95 Å². The van der Waals surface area contributed by atoms with Crippen LogP contribution in [0, 0.1) is 0 Å². The molecule has 6 nitrogen and oxygen atoms in total. The lowest BCUT2D eigenvalue weighted by molar-refractivity contribution is -0.138. The Balaban J connectivity index is 2.40. The van der Waals surface area contributed by atoms with E-state index >= 15 is 0 Å². The first-order valence-corrected chi connectivity index (χ1v) is 5.33. The van der Waals surface area contributed by atoms with Crippen molar-refractivity contribution in [3.05, 3.63) is 46.3 Å². The lowest BCUT2D eigenvalue weighted by Crippen LogP contribution is -2.33. The molecule has 1 aromatic heterocycles. The molecule has 0 saturated heterocycles. The monoisotopic (exact) mass is 248 g/mol. The Morgan fingerprint density at radius 1 is 1.39 bits per heavy atom. The zero-order valence-electron chi connectivity index (χ0n) is 9.42. The summed E-state index contributed by atoms with van der Waals surface area (Å²) in [6.45, 7) is 0. The van der Waals surface area contributed by atoms with Crippen LogP contribution in [-0.4, -0.2) is 22.3 Å². The predicted molar refractivity (Wildman–Crippen MR) is 64.1 cm³/mol. The molecule has 94 valence electrons. The van der Waals surface area contributed by atoms with Gasteiger partial charge in [-0.2, -0.15) is 0 Å². The second-order valence-corrected chi connectivity index (χ2v) is 3.86. The van der Waals surface area contributed by atoms with Gasteiger partial charge in [-0.3, -0.25) is 4.79 Å². The Hall–Kier alpha value is -2.34. The first kappa shape index (κ1) is 12.1. The van der Waals surface area contributed by atoms with Crippen molar-refractivity contribution in [2.75, 3.05) is 0 Å². The Kier molecular flexibility index (Phi) is 3.29. The van der Waals surface area contributed by atoms with Gasteiger partial charge in [0, 0.05) is 12.0 Å². The second-order valence-electron chi connectivity index (χ2n) is 3.86. The van der Waals surface area contributed by atoms with Gasteiger partial charge in [0.1, 0.15) is 6.04 Å². The number of nitrogens with one attached hydrogen (secondary N) is 1. The molecule has 1 heterocycles. The van der Waals surface area contributed by atoms with Crippen molar-refractivity contribution in [3.63, 3.8) is 0 Å². The first-order valence-electron chi connectivity index (χ1n) is 5.33. The fourth-order valence-electron chi connectivity index (χ4n) is 1.65. The predicted octanol–water partition coefficient (Wildman–Crippen LogP) is 0.589. The number of H-pyrrole nitrogens is 1. The summed E-state index contributed by atoms with van der Waals surface area (Å²) in [5.41, 5.74) is 6.30. The Morgan fingerprint density at radius 2 is 2.06 bits per heavy atom. The highest BCUT2D eigenvalue weighted by Crippen LogP contribution is 2.19. The number of nitrogens with two attached hydrogens (primary N) is 1. The third-order valence-corrected chi connectivity index (χ3v) is 2.60. The van der Waals surface area contributed by atoms with E-state index in [1.807, 2.05) is 18.2 Å². The summed E-state index contributed by atoms with van der Waals surface area (Å²) >= 11 is 0. The van der Waals surface area contributed by atoms with Gasteiger partial charge in [-0.05, 0) is 0 Å². The van der Waals surface area contributed by atoms with Crippen LogP contribution in [0.3, 0.4) is 0 Å². The number of carboxylic acids is 1. The third kappa shape index (κ3) is 2.33. The van der Waals surface area contributed by atoms with Crippen LogP contribution in [0.4, 0.5) is 0 Å². The number of aromatic amines is 1. The van der Waals surface area contributed by atoms with Crippen molar-refractivity contribution in [1.29, 1.82) is 0 Å². The summed E-state index contributed by atoms with van der Waals surface area (Å²) in [6.07, 6.45) is -0.0780. The van der Waals surface area contributed by atoms with Crippen molar-refractivity contribution >= 4 is 5.97 Å². The Labute approximate surface area is 102 Å². The number of carboxylic acid groups (broad SMARTS) is 1. The first-order chi connectivity index (χ1) is 8.59. The van der Waals surface area contributed by atoms with E-state index in [-0.39, 0.29) is 12.0 Å². The summed E-state index contributed by atoms with van der Waals surface area (Å²) in [7, 11) is 0. The van der Waals surface area contributed by atoms with Gasteiger partial charge in [0.25, 0.3) is 0 Å². The zero-order valence-corrected chi connectivity index (χ0v) is 9.42. The maximum absolute atomic E-state index is 11.5. The van der Waals surface area contributed by atoms with Gasteiger partial charge < -0.3 is 15.4 Å². The van der Waals surface area contributed by atoms with Gasteiger partial charge in [-0.15, -0.1) is 0 Å². The van der Waals surface area contributed by atoms with E-state index in [0.717, 1.165) is 5.56 Å². The summed E-state index contributed by atoms with van der Waals surface area (Å²) in [6, 6.07) is 7.90. The van der Waals surface area contributed by atoms with E-state index in [2.05, 4.69) is 5.16 Å². The average Bonchev–Trinajstić information content (AvgIpc) is 2.72. The number of hydrogen-bond acceptors (Lipinski definition) is 4. The molecule has 0 spiro atoms. The normalized spacial score (nSPS) is 12.3. The lowest BCUT2D eigenvalue weighted by Gasteiger charge is -2.05. The van der Waals surface area contributed by atoms with Crippen LogP contribution in [0.2, 0.25) is 0 Å². The molecule has 0 saturated carbocycles. The zero-order chi connectivity index (χ0) is 13.1. The largest absolute Gasteiger partial charge is 0.480 e. The summed E-state index contributed by atoms with van der Waals surface area (Å²) in [5.74, 6) is -1.16. The Bertz CT molecular complexity index is 600. The van der Waals surface area contributed by atoms with Crippen LogP contribution >= 0.6 is 0 Å². The topological polar surface area (TPSA) is 109 Å². The number of hydrogen-bond donors (Lipinski definition) is 3. The minimum absolute atomic E-state index is 0.0780. The van der Waals surface area contributed by atoms with Gasteiger partial charge in [0.2, 0.25) is 0 Å². The van der Waals surface area contributed by atoms with Crippen LogP contribution in [0.5, 0.6) is 0 Å². The molecule has 0 bridgehead atoms. The van der Waals surface area contributed by atoms with Crippen molar-refractivity contribution in [3.8, 4) is 11.3 Å². The standard InChI is InChI=1S/C12H12N2O4/c13-9(11(15)16)6-8-10(14-18-12(8)17)7-4-2-1-3-5-7/h1-5,9,14H,6,13H2,(H,15,16)/t9-/m0/s1. The fourth-order valence-corrected chi connectivity index (χ4v) is 1.65. The van der Waals surface area contributed by atoms with Crippen molar-refractivity contribution in [2.45, 2.75) is 12.5 Å². The van der Waals surface area contributed by atoms with Crippen LogP contribution < -0.4 is 11.4 Å². The highest BCUT2D eigenvalue weighted by molar-refractivity contribution is 5.74. The molecule has 1 aromatic carbocycles. The van der Waals surface area contributed by atoms with Crippen LogP contribution in [0.25, 0.3) is 11.3 Å². The molecule has 0 amide bonds. The van der Waals surface area contributed by atoms with E-state index in [4.69, 9.17) is 15.4 Å². The quantitative estimate of drug-likeness (QED) is 0.733. The summed E-state index contributed by atoms with van der Waals surface area (Å²) in [4.78, 5) is 22.2. The third-order valence-electron chi connectivity index (χ3n) is 2.60. The molecule has 0 unspecified atom stereocenters. The molecular formula is C12H12N2O4. The molecule has 0 aliphatic heterocycles. The SMILES string of the molecule is N[C@@H](Cc1c(-c2ccccc2)[nH]oc1=O)C(=O)O. The van der Waals surface area contributed by atoms with Crippen molar-refractivity contribution < 1.29 is 14.4 Å². The number of rotatable bonds is 4. The van der Waals surface area contributed by atoms with E-state index in [1.165, 1.54) is 0 Å². The highest BCUT2D eigenvalue weighted by atomic mass is 16.5. The average molecular weight is 248 g/mol. The van der Waals surface area contributed by atoms with Crippen molar-refractivity contribution in [2.24, 2.45) is 5.73 Å². The van der Waals surface area contributed by atoms with Crippen LogP contribution in [-0.2, 0) is 11.2 Å². The van der Waals surface area contributed by atoms with Gasteiger partial charge in [-0.1, -0.05) is 30.3 Å². The maximum atomic E-state index is 11.5. The van der Waals surface area contributed by atoms with Gasteiger partial charge >= 0.3 is 11.6 Å². The molecule has 4 N–H and O–H groups in total. The minimum atomic E-state index is -1.16. The minimum Gasteiger partial charge on any atom is -0.480 e. The highest BCUT2D eigenvalue weighted by Gasteiger charge is 2.20. The van der Waals surface area contributed by atoms with Gasteiger partial charge in [0.15, 0.2) is 0 Å². The summed E-state index contributed by atoms with van der Waals surface area (Å²) in [5, 5.41) is 11.3. The lowest BCUT2D eigenvalue weighted by atomic mass is 10.0. The van der Waals surface area contributed by atoms with E-state index < -0.39 is 17.6 Å². The molecular weight excluding hydrogens is 236 g/mol. The smallest absolute Gasteiger partial charge is 0.361 e. The van der Waals surface area contributed by atoms with E-state index in [9.17, 15) is 9.59 Å². The Morgan fingerprint density at radius 3 is 2.67 bits per heavy atom. The summed E-state index contributed by atoms with van der Waals surface area (Å²) < 4.78 is 4.70. The fraction of sp³-hybridized carbons (Fsp3) is 0.167. The maximum Gasteiger partial charge on any atom is 0.361 e. The molecule has 6 heteroatoms.